The van der Waals surface area contributed by atoms with Crippen molar-refractivity contribution < 1.29 is 14.7 Å². The molecule has 2 aliphatic rings. The first kappa shape index (κ1) is 17.5. The lowest BCUT2D eigenvalue weighted by Gasteiger charge is -2.21. The van der Waals surface area contributed by atoms with Gasteiger partial charge < -0.3 is 15.7 Å². The fraction of sp³-hybridized carbons (Fsp3) is 0.400. The molecule has 1 amide bonds. The Bertz CT molecular complexity index is 950. The van der Waals surface area contributed by atoms with E-state index in [2.05, 4.69) is 26.7 Å². The highest BCUT2D eigenvalue weighted by Crippen LogP contribution is 2.37. The largest absolute Gasteiger partial charge is 0.481 e. The van der Waals surface area contributed by atoms with E-state index in [1.807, 2.05) is 6.07 Å². The molecule has 3 N–H and O–H groups in total. The Kier molecular flexibility index (Phi) is 4.51. The third-order valence-corrected chi connectivity index (χ3v) is 5.28. The number of amides is 1. The quantitative estimate of drug-likeness (QED) is 0.750. The van der Waals surface area contributed by atoms with Gasteiger partial charge in [-0.25, -0.2) is 9.97 Å². The fourth-order valence-corrected chi connectivity index (χ4v) is 3.57. The van der Waals surface area contributed by atoms with Crippen molar-refractivity contribution in [2.75, 3.05) is 17.7 Å². The molecule has 2 aromatic rings. The van der Waals surface area contributed by atoms with Crippen LogP contribution in [0.15, 0.2) is 24.5 Å². The predicted molar refractivity (Wildman–Crippen MR) is 103 cm³/mol. The summed E-state index contributed by atoms with van der Waals surface area (Å²) in [5.41, 5.74) is 1.89. The molecule has 4 rings (SSSR count). The summed E-state index contributed by atoms with van der Waals surface area (Å²) in [5.74, 6) is 0.190. The smallest absolute Gasteiger partial charge is 0.306 e. The van der Waals surface area contributed by atoms with Gasteiger partial charge in [-0.15, -0.1) is 0 Å². The topological polar surface area (TPSA) is 104 Å². The molecule has 1 atom stereocenters. The molecule has 1 fully saturated rings. The summed E-state index contributed by atoms with van der Waals surface area (Å²) in [7, 11) is 1.80. The van der Waals surface area contributed by atoms with Gasteiger partial charge in [-0.05, 0) is 49.1 Å². The maximum atomic E-state index is 12.1. The Labute approximate surface area is 156 Å². The Hall–Kier alpha value is -2.96. The highest BCUT2D eigenvalue weighted by Gasteiger charge is 2.30. The molecule has 0 aromatic carbocycles. The molecule has 2 heterocycles. The van der Waals surface area contributed by atoms with Gasteiger partial charge in [0.05, 0.1) is 5.92 Å². The number of allylic oxidation sites excluding steroid dienone is 2. The zero-order chi connectivity index (χ0) is 19.0. The van der Waals surface area contributed by atoms with Crippen LogP contribution >= 0.6 is 0 Å². The van der Waals surface area contributed by atoms with Gasteiger partial charge in [0.2, 0.25) is 5.91 Å². The molecule has 0 saturated heterocycles. The van der Waals surface area contributed by atoms with E-state index in [-0.39, 0.29) is 17.7 Å². The maximum absolute atomic E-state index is 12.1. The number of carbonyl (C=O) groups is 2. The molecule has 2 aromatic heterocycles. The van der Waals surface area contributed by atoms with Crippen LogP contribution in [0.2, 0.25) is 0 Å². The predicted octanol–water partition coefficient (Wildman–Crippen LogP) is 3.29. The first-order chi connectivity index (χ1) is 13.1. The summed E-state index contributed by atoms with van der Waals surface area (Å²) in [4.78, 5) is 32.4. The second-order valence-corrected chi connectivity index (χ2v) is 7.20. The second kappa shape index (κ2) is 6.98. The second-order valence-electron chi connectivity index (χ2n) is 7.20. The lowest BCUT2D eigenvalue weighted by Crippen LogP contribution is -2.17. The van der Waals surface area contributed by atoms with E-state index in [1.165, 1.54) is 0 Å². The Morgan fingerprint density at radius 2 is 1.93 bits per heavy atom. The number of hydrogen-bond donors (Lipinski definition) is 3. The van der Waals surface area contributed by atoms with E-state index in [1.54, 1.807) is 19.4 Å². The highest BCUT2D eigenvalue weighted by atomic mass is 16.4. The van der Waals surface area contributed by atoms with Gasteiger partial charge >= 0.3 is 5.97 Å². The Morgan fingerprint density at radius 1 is 1.11 bits per heavy atom. The molecule has 1 unspecified atom stereocenters. The lowest BCUT2D eigenvalue weighted by molar-refractivity contribution is -0.141. The van der Waals surface area contributed by atoms with Crippen LogP contribution < -0.4 is 10.6 Å². The number of nitrogens with one attached hydrogen (secondary N) is 2. The van der Waals surface area contributed by atoms with Crippen LogP contribution in [-0.4, -0.2) is 34.0 Å². The van der Waals surface area contributed by atoms with Crippen LogP contribution in [0.25, 0.3) is 16.3 Å². The number of carboxylic acids is 1. The van der Waals surface area contributed by atoms with Crippen LogP contribution in [0.1, 0.15) is 37.7 Å². The number of aliphatic carboxylic acids is 1. The summed E-state index contributed by atoms with van der Waals surface area (Å²) >= 11 is 0. The first-order valence-corrected chi connectivity index (χ1v) is 9.26. The molecular weight excluding hydrogens is 344 g/mol. The van der Waals surface area contributed by atoms with Crippen molar-refractivity contribution >= 4 is 39.9 Å². The molecule has 0 aliphatic heterocycles. The van der Waals surface area contributed by atoms with Crippen LogP contribution in [-0.2, 0) is 9.59 Å². The number of nitrogens with zero attached hydrogens (tertiary/aromatic N) is 2. The number of anilines is 2. The van der Waals surface area contributed by atoms with E-state index >= 15 is 0 Å². The normalized spacial score (nSPS) is 19.4. The zero-order valence-corrected chi connectivity index (χ0v) is 15.2. The van der Waals surface area contributed by atoms with Crippen molar-refractivity contribution in [2.24, 2.45) is 11.8 Å². The monoisotopic (exact) mass is 366 g/mol. The van der Waals surface area contributed by atoms with Gasteiger partial charge in [-0.3, -0.25) is 9.59 Å². The Balaban J connectivity index is 1.75. The minimum absolute atomic E-state index is 0.00844. The Morgan fingerprint density at radius 3 is 2.63 bits per heavy atom. The number of fused-ring (bicyclic) bond motifs is 1. The van der Waals surface area contributed by atoms with Crippen LogP contribution in [0.3, 0.4) is 0 Å². The van der Waals surface area contributed by atoms with Crippen LogP contribution in [0.5, 0.6) is 0 Å². The van der Waals surface area contributed by atoms with Crippen molar-refractivity contribution in [1.29, 1.82) is 0 Å². The molecule has 0 radical (unpaired) electrons. The highest BCUT2D eigenvalue weighted by molar-refractivity contribution is 6.02. The molecule has 0 bridgehead atoms. The van der Waals surface area contributed by atoms with Crippen molar-refractivity contribution in [1.82, 2.24) is 9.97 Å². The summed E-state index contributed by atoms with van der Waals surface area (Å²) in [6.07, 6.45) is 9.31. The molecule has 27 heavy (non-hydrogen) atoms. The number of pyridine rings is 2. The van der Waals surface area contributed by atoms with E-state index in [0.717, 1.165) is 41.2 Å². The van der Waals surface area contributed by atoms with Gasteiger partial charge in [-0.2, -0.15) is 0 Å². The lowest BCUT2D eigenvalue weighted by atomic mass is 9.85. The SMILES string of the molecule is CNc1ncc(C2=CCCC(C(=O)O)C2)c2cc(NC(=O)C3CC3)ncc12. The molecule has 140 valence electrons. The van der Waals surface area contributed by atoms with E-state index in [9.17, 15) is 14.7 Å². The molecule has 7 nitrogen and oxygen atoms in total. The van der Waals surface area contributed by atoms with Gasteiger partial charge in [0.1, 0.15) is 11.6 Å². The van der Waals surface area contributed by atoms with E-state index < -0.39 is 5.97 Å². The van der Waals surface area contributed by atoms with Gasteiger partial charge in [0.15, 0.2) is 0 Å². The number of carboxylic acid groups (broad SMARTS) is 1. The van der Waals surface area contributed by atoms with Crippen LogP contribution in [0.4, 0.5) is 11.6 Å². The van der Waals surface area contributed by atoms with Gasteiger partial charge in [0, 0.05) is 36.3 Å². The summed E-state index contributed by atoms with van der Waals surface area (Å²) in [5, 5.41) is 17.1. The number of hydrogen-bond acceptors (Lipinski definition) is 5. The van der Waals surface area contributed by atoms with Crippen molar-refractivity contribution in [3.63, 3.8) is 0 Å². The molecule has 1 saturated carbocycles. The van der Waals surface area contributed by atoms with Crippen molar-refractivity contribution in [3.05, 3.63) is 30.1 Å². The average molecular weight is 366 g/mol. The number of aromatic nitrogens is 2. The summed E-state index contributed by atoms with van der Waals surface area (Å²) in [6.45, 7) is 0. The van der Waals surface area contributed by atoms with Crippen molar-refractivity contribution in [2.45, 2.75) is 32.1 Å². The molecule has 0 spiro atoms. The third-order valence-electron chi connectivity index (χ3n) is 5.28. The minimum Gasteiger partial charge on any atom is -0.481 e. The standard InChI is InChI=1S/C20H22N4O3/c1-21-18-16-10-22-17(24-19(25)11-5-6-11)8-14(16)15(9-23-18)12-3-2-4-13(7-12)20(26)27/h3,8-11,13H,2,4-7H2,1H3,(H,21,23)(H,26,27)(H,22,24,25). The van der Waals surface area contributed by atoms with Crippen molar-refractivity contribution in [3.8, 4) is 0 Å². The summed E-state index contributed by atoms with van der Waals surface area (Å²) in [6, 6.07) is 1.86. The molecule has 2 aliphatic carbocycles. The van der Waals surface area contributed by atoms with E-state index in [4.69, 9.17) is 0 Å². The number of rotatable bonds is 5. The molecule has 7 heteroatoms. The minimum atomic E-state index is -0.760. The zero-order valence-electron chi connectivity index (χ0n) is 15.2. The fourth-order valence-electron chi connectivity index (χ4n) is 3.57. The maximum Gasteiger partial charge on any atom is 0.306 e. The van der Waals surface area contributed by atoms with Gasteiger partial charge in [-0.1, -0.05) is 6.08 Å². The number of carbonyl (C=O) groups excluding carboxylic acids is 1. The summed E-state index contributed by atoms with van der Waals surface area (Å²) < 4.78 is 0. The van der Waals surface area contributed by atoms with Crippen LogP contribution in [0, 0.1) is 11.8 Å². The molecular formula is C20H22N4O3. The van der Waals surface area contributed by atoms with E-state index in [0.29, 0.717) is 24.5 Å². The average Bonchev–Trinajstić information content (AvgIpc) is 3.52. The third kappa shape index (κ3) is 3.49. The first-order valence-electron chi connectivity index (χ1n) is 9.26. The van der Waals surface area contributed by atoms with Gasteiger partial charge in [0.25, 0.3) is 0 Å².